The second-order valence-electron chi connectivity index (χ2n) is 7.82. The van der Waals surface area contributed by atoms with Crippen molar-refractivity contribution in [2.75, 3.05) is 6.54 Å². The first kappa shape index (κ1) is 22.9. The zero-order valence-electron chi connectivity index (χ0n) is 18.5. The number of rotatable bonds is 7. The molecule has 35 heavy (non-hydrogen) atoms. The molecule has 174 valence electrons. The minimum Gasteiger partial charge on any atom is -0.361 e. The van der Waals surface area contributed by atoms with Crippen LogP contribution in [0.25, 0.3) is 22.2 Å². The summed E-state index contributed by atoms with van der Waals surface area (Å²) in [6.45, 7) is 0.625. The van der Waals surface area contributed by atoms with Crippen molar-refractivity contribution in [3.63, 3.8) is 0 Å². The van der Waals surface area contributed by atoms with Crippen LogP contribution in [0.1, 0.15) is 11.1 Å². The van der Waals surface area contributed by atoms with Crippen molar-refractivity contribution in [3.8, 4) is 11.3 Å². The smallest absolute Gasteiger partial charge is 0.269 e. The highest BCUT2D eigenvalue weighted by molar-refractivity contribution is 9.10. The number of hydrogen-bond donors (Lipinski definition) is 1. The van der Waals surface area contributed by atoms with E-state index in [1.165, 1.54) is 29.0 Å². The van der Waals surface area contributed by atoms with Crippen molar-refractivity contribution in [1.29, 1.82) is 0 Å². The predicted molar refractivity (Wildman–Crippen MR) is 144 cm³/mol. The number of nitro benzene ring substituents is 1. The van der Waals surface area contributed by atoms with Gasteiger partial charge in [-0.1, -0.05) is 46.3 Å². The monoisotopic (exact) mass is 545 g/mol. The molecule has 0 atom stereocenters. The van der Waals surface area contributed by atoms with Crippen LogP contribution in [0.4, 0.5) is 5.69 Å². The fourth-order valence-corrected chi connectivity index (χ4v) is 4.96. The van der Waals surface area contributed by atoms with Crippen LogP contribution in [0.2, 0.25) is 0 Å². The molecule has 2 aromatic heterocycles. The number of benzene rings is 3. The summed E-state index contributed by atoms with van der Waals surface area (Å²) in [5, 5.41) is 18.9. The molecule has 2 heterocycles. The molecule has 5 rings (SSSR count). The largest absolute Gasteiger partial charge is 0.361 e. The molecule has 0 amide bonds. The molecule has 9 heteroatoms. The molecule has 3 aromatic carbocycles. The molecule has 0 bridgehead atoms. The van der Waals surface area contributed by atoms with E-state index in [9.17, 15) is 10.1 Å². The van der Waals surface area contributed by atoms with Crippen LogP contribution in [0.15, 0.2) is 98.9 Å². The van der Waals surface area contributed by atoms with Gasteiger partial charge in [0.1, 0.15) is 0 Å². The van der Waals surface area contributed by atoms with Crippen LogP contribution >= 0.6 is 27.3 Å². The van der Waals surface area contributed by atoms with Gasteiger partial charge in [-0.15, -0.1) is 11.3 Å². The molecule has 0 unspecified atom stereocenters. The molecule has 0 fully saturated rings. The van der Waals surface area contributed by atoms with Gasteiger partial charge >= 0.3 is 0 Å². The SMILES string of the molecule is O=[N+]([O-])c1ccc(-c2csc(=NCCc3ccccc3)n2N=Cc2c[nH]c3ccc(Br)cc23)cc1. The lowest BCUT2D eigenvalue weighted by Crippen LogP contribution is -2.13. The molecule has 0 aliphatic heterocycles. The van der Waals surface area contributed by atoms with Crippen LogP contribution in [0.3, 0.4) is 0 Å². The fourth-order valence-electron chi connectivity index (χ4n) is 3.74. The molecule has 7 nitrogen and oxygen atoms in total. The molecule has 0 saturated heterocycles. The van der Waals surface area contributed by atoms with Crippen molar-refractivity contribution in [2.24, 2.45) is 10.1 Å². The Hall–Kier alpha value is -3.82. The maximum absolute atomic E-state index is 11.1. The van der Waals surface area contributed by atoms with Gasteiger partial charge < -0.3 is 4.98 Å². The van der Waals surface area contributed by atoms with E-state index in [1.54, 1.807) is 16.8 Å². The highest BCUT2D eigenvalue weighted by Crippen LogP contribution is 2.24. The Morgan fingerprint density at radius 1 is 1.09 bits per heavy atom. The number of non-ortho nitro benzene ring substituents is 1. The van der Waals surface area contributed by atoms with Gasteiger partial charge in [0.15, 0.2) is 0 Å². The maximum Gasteiger partial charge on any atom is 0.269 e. The van der Waals surface area contributed by atoms with Crippen molar-refractivity contribution in [1.82, 2.24) is 9.66 Å². The van der Waals surface area contributed by atoms with Gasteiger partial charge in [-0.2, -0.15) is 5.10 Å². The highest BCUT2D eigenvalue weighted by atomic mass is 79.9. The third-order valence-corrected chi connectivity index (χ3v) is 6.88. The number of thiazole rings is 1. The molecule has 0 spiro atoms. The van der Waals surface area contributed by atoms with Crippen molar-refractivity contribution < 1.29 is 4.92 Å². The third-order valence-electron chi connectivity index (χ3n) is 5.54. The van der Waals surface area contributed by atoms with E-state index in [4.69, 9.17) is 10.1 Å². The first-order valence-electron chi connectivity index (χ1n) is 10.9. The lowest BCUT2D eigenvalue weighted by molar-refractivity contribution is -0.384. The first-order chi connectivity index (χ1) is 17.1. The number of nitrogens with zero attached hydrogens (tertiary/aromatic N) is 4. The summed E-state index contributed by atoms with van der Waals surface area (Å²) >= 11 is 5.03. The lowest BCUT2D eigenvalue weighted by Gasteiger charge is -2.04. The van der Waals surface area contributed by atoms with E-state index in [1.807, 2.05) is 54.2 Å². The van der Waals surface area contributed by atoms with Gasteiger partial charge in [0, 0.05) is 56.8 Å². The number of nitrogens with one attached hydrogen (secondary N) is 1. The van der Waals surface area contributed by atoms with Gasteiger partial charge in [-0.3, -0.25) is 15.1 Å². The van der Waals surface area contributed by atoms with Crippen LogP contribution in [0.5, 0.6) is 0 Å². The van der Waals surface area contributed by atoms with Gasteiger partial charge in [0.25, 0.3) is 5.69 Å². The minimum absolute atomic E-state index is 0.0520. The Labute approximate surface area is 213 Å². The molecule has 0 radical (unpaired) electrons. The number of hydrogen-bond acceptors (Lipinski definition) is 5. The maximum atomic E-state index is 11.1. The van der Waals surface area contributed by atoms with Crippen LogP contribution in [-0.2, 0) is 6.42 Å². The van der Waals surface area contributed by atoms with E-state index in [0.717, 1.165) is 43.4 Å². The zero-order chi connectivity index (χ0) is 24.2. The Morgan fingerprint density at radius 2 is 1.89 bits per heavy atom. The number of nitro groups is 1. The first-order valence-corrected chi connectivity index (χ1v) is 12.6. The lowest BCUT2D eigenvalue weighted by atomic mass is 10.1. The number of aromatic amines is 1. The van der Waals surface area contributed by atoms with E-state index in [0.29, 0.717) is 6.54 Å². The summed E-state index contributed by atoms with van der Waals surface area (Å²) in [5.74, 6) is 0. The Kier molecular flexibility index (Phi) is 6.69. The summed E-state index contributed by atoms with van der Waals surface area (Å²) in [4.78, 5) is 19.5. The third kappa shape index (κ3) is 5.16. The van der Waals surface area contributed by atoms with E-state index < -0.39 is 4.92 Å². The van der Waals surface area contributed by atoms with Crippen molar-refractivity contribution >= 4 is 50.1 Å². The molecule has 0 saturated carbocycles. The Bertz CT molecular complexity index is 1580. The van der Waals surface area contributed by atoms with Gasteiger partial charge in [-0.25, -0.2) is 4.68 Å². The molecule has 1 N–H and O–H groups in total. The van der Waals surface area contributed by atoms with E-state index in [-0.39, 0.29) is 5.69 Å². The number of aromatic nitrogens is 2. The second-order valence-corrected chi connectivity index (χ2v) is 9.57. The summed E-state index contributed by atoms with van der Waals surface area (Å²) in [6.07, 6.45) is 4.56. The molecular formula is C26H20BrN5O2S. The van der Waals surface area contributed by atoms with Gasteiger partial charge in [0.05, 0.1) is 16.8 Å². The predicted octanol–water partition coefficient (Wildman–Crippen LogP) is 6.39. The summed E-state index contributed by atoms with van der Waals surface area (Å²) in [6, 6.07) is 22.8. The number of halogens is 1. The van der Waals surface area contributed by atoms with E-state index in [2.05, 4.69) is 33.0 Å². The van der Waals surface area contributed by atoms with E-state index >= 15 is 0 Å². The Balaban J connectivity index is 1.53. The Morgan fingerprint density at radius 3 is 2.66 bits per heavy atom. The van der Waals surface area contributed by atoms with Gasteiger partial charge in [-0.05, 0) is 42.3 Å². The minimum atomic E-state index is -0.400. The van der Waals surface area contributed by atoms with Crippen LogP contribution in [-0.4, -0.2) is 27.3 Å². The van der Waals surface area contributed by atoms with Crippen molar-refractivity contribution in [2.45, 2.75) is 6.42 Å². The summed E-state index contributed by atoms with van der Waals surface area (Å²) in [7, 11) is 0. The number of fused-ring (bicyclic) bond motifs is 1. The molecule has 5 aromatic rings. The van der Waals surface area contributed by atoms with Crippen LogP contribution < -0.4 is 4.80 Å². The highest BCUT2D eigenvalue weighted by Gasteiger charge is 2.11. The molecular weight excluding hydrogens is 526 g/mol. The summed E-state index contributed by atoms with van der Waals surface area (Å²) < 4.78 is 2.79. The normalized spacial score (nSPS) is 12.1. The topological polar surface area (TPSA) is 88.6 Å². The van der Waals surface area contributed by atoms with Crippen LogP contribution in [0, 0.1) is 10.1 Å². The average Bonchev–Trinajstić information content (AvgIpc) is 3.47. The molecule has 0 aliphatic rings. The number of H-pyrrole nitrogens is 1. The summed E-state index contributed by atoms with van der Waals surface area (Å²) in [5.41, 5.74) is 4.90. The fraction of sp³-hybridized carbons (Fsp3) is 0.0769. The van der Waals surface area contributed by atoms with Crippen molar-refractivity contribution in [3.05, 3.63) is 115 Å². The second kappa shape index (κ2) is 10.2. The van der Waals surface area contributed by atoms with Gasteiger partial charge in [0.2, 0.25) is 4.80 Å². The quantitative estimate of drug-likeness (QED) is 0.146. The molecule has 0 aliphatic carbocycles. The average molecular weight is 546 g/mol. The standard InChI is InChI=1S/C26H20BrN5O2S/c27-21-8-11-24-23(14-21)20(15-29-24)16-30-31-25(19-6-9-22(10-7-19)32(33)34)17-35-26(31)28-13-12-18-4-2-1-3-5-18/h1-11,14-17,29H,12-13H2. The zero-order valence-corrected chi connectivity index (χ0v) is 20.9.